The van der Waals surface area contributed by atoms with Crippen LogP contribution in [0, 0.1) is 6.92 Å². The van der Waals surface area contributed by atoms with E-state index in [1.807, 2.05) is 36.4 Å². The first-order chi connectivity index (χ1) is 9.25. The van der Waals surface area contributed by atoms with Crippen molar-refractivity contribution in [2.24, 2.45) is 5.10 Å². The molecule has 2 aromatic rings. The lowest BCUT2D eigenvalue weighted by Gasteiger charge is -1.99. The second-order valence-corrected chi connectivity index (χ2v) is 3.73. The van der Waals surface area contributed by atoms with Crippen molar-refractivity contribution < 1.29 is 0 Å². The summed E-state index contributed by atoms with van der Waals surface area (Å²) < 4.78 is 0. The number of anilines is 1. The standard InChI is InChI=1S/C13H13N5O/c1-10-12(15-13(19)18-16-10)17-14-9-5-8-11-6-3-2-4-7-11/h2-9H,1H3,(H2,15,17,18,19)/b8-5+,14-9-. The van der Waals surface area contributed by atoms with Crippen LogP contribution in [0.2, 0.25) is 0 Å². The summed E-state index contributed by atoms with van der Waals surface area (Å²) in [4.78, 5) is 14.7. The van der Waals surface area contributed by atoms with Crippen molar-refractivity contribution in [3.8, 4) is 0 Å². The first-order valence-corrected chi connectivity index (χ1v) is 5.70. The van der Waals surface area contributed by atoms with Crippen LogP contribution in [0.5, 0.6) is 0 Å². The third-order valence-electron chi connectivity index (χ3n) is 2.29. The highest BCUT2D eigenvalue weighted by atomic mass is 16.1. The van der Waals surface area contributed by atoms with Crippen LogP contribution in [0.4, 0.5) is 5.82 Å². The summed E-state index contributed by atoms with van der Waals surface area (Å²) in [6.07, 6.45) is 5.29. The molecule has 1 aromatic carbocycles. The Labute approximate surface area is 109 Å². The maximum Gasteiger partial charge on any atom is 0.363 e. The molecule has 2 rings (SSSR count). The average molecular weight is 255 g/mol. The Morgan fingerprint density at radius 3 is 2.89 bits per heavy atom. The van der Waals surface area contributed by atoms with Gasteiger partial charge in [0.2, 0.25) is 0 Å². The van der Waals surface area contributed by atoms with Crippen molar-refractivity contribution in [1.82, 2.24) is 15.2 Å². The molecule has 0 aliphatic rings. The summed E-state index contributed by atoms with van der Waals surface area (Å²) in [5.74, 6) is 0.341. The number of nitrogens with one attached hydrogen (secondary N) is 2. The summed E-state index contributed by atoms with van der Waals surface area (Å²) in [5.41, 5.74) is 3.81. The van der Waals surface area contributed by atoms with Gasteiger partial charge in [-0.05, 0) is 18.6 Å². The van der Waals surface area contributed by atoms with E-state index in [0.717, 1.165) is 5.56 Å². The number of benzene rings is 1. The smallest absolute Gasteiger partial charge is 0.260 e. The van der Waals surface area contributed by atoms with E-state index in [4.69, 9.17) is 0 Å². The highest BCUT2D eigenvalue weighted by molar-refractivity contribution is 5.78. The van der Waals surface area contributed by atoms with E-state index in [1.54, 1.807) is 19.2 Å². The topological polar surface area (TPSA) is 83.0 Å². The van der Waals surface area contributed by atoms with E-state index in [1.165, 1.54) is 0 Å². The quantitative estimate of drug-likeness (QED) is 0.642. The van der Waals surface area contributed by atoms with E-state index >= 15 is 0 Å². The molecule has 0 aliphatic carbocycles. The minimum atomic E-state index is -0.511. The fourth-order valence-electron chi connectivity index (χ4n) is 1.36. The van der Waals surface area contributed by atoms with Crippen molar-refractivity contribution in [2.45, 2.75) is 6.92 Å². The maximum absolute atomic E-state index is 11.0. The number of aromatic nitrogens is 3. The third-order valence-corrected chi connectivity index (χ3v) is 2.29. The minimum absolute atomic E-state index is 0.341. The second kappa shape index (κ2) is 6.25. The molecule has 0 spiro atoms. The summed E-state index contributed by atoms with van der Waals surface area (Å²) in [7, 11) is 0. The molecule has 0 saturated carbocycles. The molecule has 0 atom stereocenters. The minimum Gasteiger partial charge on any atom is -0.260 e. The Kier molecular flexibility index (Phi) is 4.17. The van der Waals surface area contributed by atoms with E-state index in [0.29, 0.717) is 11.5 Å². The van der Waals surface area contributed by atoms with Crippen LogP contribution in [0.15, 0.2) is 46.3 Å². The molecule has 1 heterocycles. The van der Waals surface area contributed by atoms with Gasteiger partial charge in [0.05, 0.1) is 0 Å². The molecular formula is C13H13N5O. The average Bonchev–Trinajstić information content (AvgIpc) is 2.43. The van der Waals surface area contributed by atoms with Gasteiger partial charge in [0.1, 0.15) is 5.69 Å². The van der Waals surface area contributed by atoms with Gasteiger partial charge < -0.3 is 0 Å². The lowest BCUT2D eigenvalue weighted by Crippen LogP contribution is -2.15. The Morgan fingerprint density at radius 2 is 2.11 bits per heavy atom. The fraction of sp³-hybridized carbons (Fsp3) is 0.0769. The molecular weight excluding hydrogens is 242 g/mol. The number of aromatic amines is 1. The maximum atomic E-state index is 11.0. The molecule has 0 bridgehead atoms. The van der Waals surface area contributed by atoms with Crippen molar-refractivity contribution in [1.29, 1.82) is 0 Å². The van der Waals surface area contributed by atoms with Gasteiger partial charge in [0.15, 0.2) is 5.82 Å². The SMILES string of the molecule is Cc1n[nH]c(=O)nc1N/N=C\C=C\c1ccccc1. The molecule has 0 unspecified atom stereocenters. The molecule has 96 valence electrons. The number of nitrogens with zero attached hydrogens (tertiary/aromatic N) is 3. The molecule has 0 amide bonds. The number of hydrogen-bond donors (Lipinski definition) is 2. The van der Waals surface area contributed by atoms with Crippen molar-refractivity contribution >= 4 is 18.1 Å². The predicted octanol–water partition coefficient (Wildman–Crippen LogP) is 1.58. The molecule has 6 heteroatoms. The molecule has 19 heavy (non-hydrogen) atoms. The van der Waals surface area contributed by atoms with Crippen molar-refractivity contribution in [3.63, 3.8) is 0 Å². The zero-order valence-electron chi connectivity index (χ0n) is 10.4. The van der Waals surface area contributed by atoms with Gasteiger partial charge in [-0.25, -0.2) is 9.89 Å². The van der Waals surface area contributed by atoms with Crippen LogP contribution in [-0.2, 0) is 0 Å². The van der Waals surface area contributed by atoms with E-state index < -0.39 is 5.69 Å². The zero-order chi connectivity index (χ0) is 13.5. The van der Waals surface area contributed by atoms with Gasteiger partial charge in [-0.3, -0.25) is 5.43 Å². The molecule has 0 fully saturated rings. The van der Waals surface area contributed by atoms with Crippen LogP contribution >= 0.6 is 0 Å². The molecule has 0 aliphatic heterocycles. The molecule has 1 aromatic heterocycles. The van der Waals surface area contributed by atoms with Gasteiger partial charge in [-0.15, -0.1) is 0 Å². The van der Waals surface area contributed by atoms with Gasteiger partial charge in [-0.2, -0.15) is 15.2 Å². The van der Waals surface area contributed by atoms with Crippen molar-refractivity contribution in [2.75, 3.05) is 5.43 Å². The van der Waals surface area contributed by atoms with Gasteiger partial charge in [0, 0.05) is 6.21 Å². The summed E-state index contributed by atoms with van der Waals surface area (Å²) in [6, 6.07) is 9.87. The van der Waals surface area contributed by atoms with Crippen LogP contribution in [0.1, 0.15) is 11.3 Å². The first kappa shape index (κ1) is 12.7. The van der Waals surface area contributed by atoms with E-state index in [9.17, 15) is 4.79 Å². The first-order valence-electron chi connectivity index (χ1n) is 5.70. The normalized spacial score (nSPS) is 11.2. The Morgan fingerprint density at radius 1 is 1.32 bits per heavy atom. The Hall–Kier alpha value is -2.76. The molecule has 2 N–H and O–H groups in total. The number of rotatable bonds is 4. The summed E-state index contributed by atoms with van der Waals surface area (Å²) in [6.45, 7) is 1.72. The fourth-order valence-corrected chi connectivity index (χ4v) is 1.36. The molecule has 0 radical (unpaired) electrons. The van der Waals surface area contributed by atoms with Gasteiger partial charge in [-0.1, -0.05) is 36.4 Å². The van der Waals surface area contributed by atoms with Crippen LogP contribution in [0.25, 0.3) is 6.08 Å². The lowest BCUT2D eigenvalue weighted by molar-refractivity contribution is 0.879. The van der Waals surface area contributed by atoms with Crippen LogP contribution in [0.3, 0.4) is 0 Å². The summed E-state index contributed by atoms with van der Waals surface area (Å²) in [5, 5.41) is 9.95. The third kappa shape index (κ3) is 3.88. The Balaban J connectivity index is 1.95. The monoisotopic (exact) mass is 255 g/mol. The highest BCUT2D eigenvalue weighted by Crippen LogP contribution is 2.02. The second-order valence-electron chi connectivity index (χ2n) is 3.73. The van der Waals surface area contributed by atoms with Crippen molar-refractivity contribution in [3.05, 3.63) is 58.1 Å². The van der Waals surface area contributed by atoms with Crippen LogP contribution < -0.4 is 11.1 Å². The van der Waals surface area contributed by atoms with Gasteiger partial charge >= 0.3 is 5.69 Å². The number of hydrogen-bond acceptors (Lipinski definition) is 5. The predicted molar refractivity (Wildman–Crippen MR) is 75.0 cm³/mol. The molecule has 0 saturated heterocycles. The number of aryl methyl sites for hydroxylation is 1. The highest BCUT2D eigenvalue weighted by Gasteiger charge is 1.99. The molecule has 6 nitrogen and oxygen atoms in total. The van der Waals surface area contributed by atoms with E-state index in [2.05, 4.69) is 25.7 Å². The Bertz CT molecular complexity index is 646. The number of hydrazone groups is 1. The zero-order valence-corrected chi connectivity index (χ0v) is 10.4. The number of H-pyrrole nitrogens is 1. The van der Waals surface area contributed by atoms with Crippen LogP contribution in [-0.4, -0.2) is 21.4 Å². The number of allylic oxidation sites excluding steroid dienone is 1. The lowest BCUT2D eigenvalue weighted by atomic mass is 10.2. The summed E-state index contributed by atoms with van der Waals surface area (Å²) >= 11 is 0. The van der Waals surface area contributed by atoms with Gasteiger partial charge in [0.25, 0.3) is 0 Å². The van der Waals surface area contributed by atoms with E-state index in [-0.39, 0.29) is 0 Å². The largest absolute Gasteiger partial charge is 0.363 e.